The Hall–Kier alpha value is -1.82. The molecule has 2 fully saturated rings. The van der Waals surface area contributed by atoms with Crippen LogP contribution in [0.5, 0.6) is 0 Å². The summed E-state index contributed by atoms with van der Waals surface area (Å²) in [6, 6.07) is -0.789. The average molecular weight is 413 g/mol. The third-order valence-corrected chi connectivity index (χ3v) is 6.86. The third-order valence-electron chi connectivity index (χ3n) is 4.33. The number of tetrazole rings is 1. The first-order valence-electron chi connectivity index (χ1n) is 8.82. The fourth-order valence-electron chi connectivity index (χ4n) is 3.25. The number of fused-ring (bicyclic) bond motifs is 1. The van der Waals surface area contributed by atoms with E-state index in [1.807, 2.05) is 27.7 Å². The van der Waals surface area contributed by atoms with Gasteiger partial charge < -0.3 is 15.5 Å². The van der Waals surface area contributed by atoms with Crippen LogP contribution in [-0.4, -0.2) is 77.5 Å². The molecule has 27 heavy (non-hydrogen) atoms. The molecule has 3 heterocycles. The molecule has 3 rings (SSSR count). The number of β-lactam (4-membered cyclic amide) rings is 1. The second-order valence-electron chi connectivity index (χ2n) is 6.67. The van der Waals surface area contributed by atoms with Gasteiger partial charge in [0.2, 0.25) is 11.8 Å². The smallest absolute Gasteiger partial charge is 0.249 e. The normalized spacial score (nSPS) is 26.5. The number of aromatic amines is 1. The summed E-state index contributed by atoms with van der Waals surface area (Å²) in [5.74, 6) is 0.418. The van der Waals surface area contributed by atoms with E-state index in [2.05, 4.69) is 36.3 Å². The number of hydrogen-bond acceptors (Lipinski definition) is 8. The molecule has 0 aromatic carbocycles. The standard InChI is InChI=1S/C15H24N8O2S2/c1-5-16-14(17-6-2)26-7-8(24)18-9-12(25)23-10(11-19-21-22-20-11)15(3,4)27-13(9)23/h9-10,13H,5-7H2,1-4H3,(H,16,17)(H,18,24)(H,19,20,21,22)/t9?,10?,13-/m1/s1. The number of thioether (sulfide) groups is 2. The summed E-state index contributed by atoms with van der Waals surface area (Å²) < 4.78 is -0.273. The van der Waals surface area contributed by atoms with Crippen LogP contribution in [0.25, 0.3) is 0 Å². The summed E-state index contributed by atoms with van der Waals surface area (Å²) in [7, 11) is 0. The van der Waals surface area contributed by atoms with Crippen molar-refractivity contribution in [3.63, 3.8) is 0 Å². The van der Waals surface area contributed by atoms with Crippen molar-refractivity contribution in [1.29, 1.82) is 0 Å². The molecule has 2 aliphatic heterocycles. The van der Waals surface area contributed by atoms with Crippen molar-refractivity contribution in [2.75, 3.05) is 18.8 Å². The SMILES string of the molecule is CCN=C(NCC)SCC(=O)NC1C(=O)N2C(c3nn[nH]n3)C(C)(C)S[C@H]12. The summed E-state index contributed by atoms with van der Waals surface area (Å²) in [6.45, 7) is 9.41. The minimum Gasteiger partial charge on any atom is -0.365 e. The van der Waals surface area contributed by atoms with Gasteiger partial charge in [0.1, 0.15) is 17.5 Å². The van der Waals surface area contributed by atoms with Gasteiger partial charge in [-0.25, -0.2) is 0 Å². The van der Waals surface area contributed by atoms with Crippen molar-refractivity contribution in [3.05, 3.63) is 5.82 Å². The Labute approximate surface area is 166 Å². The topological polar surface area (TPSA) is 128 Å². The summed E-state index contributed by atoms with van der Waals surface area (Å²) in [5.41, 5.74) is 0. The van der Waals surface area contributed by atoms with Gasteiger partial charge in [0.05, 0.1) is 5.75 Å². The highest BCUT2D eigenvalue weighted by Crippen LogP contribution is 2.56. The Balaban J connectivity index is 1.60. The molecular formula is C15H24N8O2S2. The van der Waals surface area contributed by atoms with Crippen LogP contribution in [0.1, 0.15) is 39.6 Å². The van der Waals surface area contributed by atoms with Crippen LogP contribution in [0.15, 0.2) is 4.99 Å². The molecule has 148 valence electrons. The van der Waals surface area contributed by atoms with E-state index in [0.717, 1.165) is 11.7 Å². The summed E-state index contributed by atoms with van der Waals surface area (Å²) in [6.07, 6.45) is 0. The van der Waals surface area contributed by atoms with Crippen molar-refractivity contribution in [1.82, 2.24) is 36.2 Å². The predicted octanol–water partition coefficient (Wildman–Crippen LogP) is 0.138. The maximum atomic E-state index is 12.7. The molecule has 2 aliphatic rings. The van der Waals surface area contributed by atoms with Gasteiger partial charge in [0.25, 0.3) is 0 Å². The zero-order valence-electron chi connectivity index (χ0n) is 15.7. The highest BCUT2D eigenvalue weighted by molar-refractivity contribution is 8.14. The minimum absolute atomic E-state index is 0.111. The number of rotatable bonds is 6. The Morgan fingerprint density at radius 3 is 2.85 bits per heavy atom. The number of amidine groups is 1. The molecule has 10 nitrogen and oxygen atoms in total. The maximum Gasteiger partial charge on any atom is 0.249 e. The van der Waals surface area contributed by atoms with Crippen LogP contribution in [0.4, 0.5) is 0 Å². The van der Waals surface area contributed by atoms with Crippen LogP contribution in [0, 0.1) is 0 Å². The van der Waals surface area contributed by atoms with E-state index in [1.54, 1.807) is 16.7 Å². The van der Waals surface area contributed by atoms with E-state index >= 15 is 0 Å². The van der Waals surface area contributed by atoms with Crippen molar-refractivity contribution in [2.45, 2.75) is 49.9 Å². The summed E-state index contributed by atoms with van der Waals surface area (Å²) in [5, 5.41) is 20.8. The minimum atomic E-state index is -0.523. The largest absolute Gasteiger partial charge is 0.365 e. The number of hydrogen-bond donors (Lipinski definition) is 3. The Morgan fingerprint density at radius 2 is 2.22 bits per heavy atom. The van der Waals surface area contributed by atoms with Gasteiger partial charge in [-0.3, -0.25) is 14.6 Å². The monoisotopic (exact) mass is 412 g/mol. The maximum absolute atomic E-state index is 12.7. The molecule has 1 aromatic heterocycles. The molecule has 2 amide bonds. The Kier molecular flexibility index (Phi) is 5.94. The van der Waals surface area contributed by atoms with E-state index in [-0.39, 0.29) is 33.7 Å². The van der Waals surface area contributed by atoms with E-state index in [0.29, 0.717) is 12.4 Å². The van der Waals surface area contributed by atoms with E-state index in [4.69, 9.17) is 0 Å². The number of nitrogens with zero attached hydrogens (tertiary/aromatic N) is 5. The molecule has 0 bridgehead atoms. The first-order valence-corrected chi connectivity index (χ1v) is 10.7. The molecule has 0 saturated carbocycles. The lowest BCUT2D eigenvalue weighted by Crippen LogP contribution is -2.68. The first-order chi connectivity index (χ1) is 12.9. The predicted molar refractivity (Wildman–Crippen MR) is 105 cm³/mol. The van der Waals surface area contributed by atoms with Gasteiger partial charge in [-0.2, -0.15) is 5.21 Å². The fourth-order valence-corrected chi connectivity index (χ4v) is 5.69. The van der Waals surface area contributed by atoms with Gasteiger partial charge in [-0.1, -0.05) is 17.0 Å². The summed E-state index contributed by atoms with van der Waals surface area (Å²) in [4.78, 5) is 31.1. The zero-order valence-corrected chi connectivity index (χ0v) is 17.4. The van der Waals surface area contributed by atoms with Crippen molar-refractivity contribution < 1.29 is 9.59 Å². The summed E-state index contributed by atoms with van der Waals surface area (Å²) >= 11 is 2.99. The number of carbonyl (C=O) groups is 2. The van der Waals surface area contributed by atoms with Gasteiger partial charge in [0.15, 0.2) is 11.0 Å². The van der Waals surface area contributed by atoms with Crippen LogP contribution in [-0.2, 0) is 9.59 Å². The molecule has 2 unspecified atom stereocenters. The van der Waals surface area contributed by atoms with Crippen molar-refractivity contribution in [2.24, 2.45) is 4.99 Å². The zero-order chi connectivity index (χ0) is 19.6. The molecule has 2 saturated heterocycles. The molecule has 3 atom stereocenters. The quantitative estimate of drug-likeness (QED) is 0.342. The molecular weight excluding hydrogens is 388 g/mol. The van der Waals surface area contributed by atoms with Crippen molar-refractivity contribution >= 4 is 40.5 Å². The first kappa shape index (κ1) is 19.9. The average Bonchev–Trinajstić information content (AvgIpc) is 3.22. The van der Waals surface area contributed by atoms with Crippen LogP contribution in [0.2, 0.25) is 0 Å². The lowest BCUT2D eigenvalue weighted by molar-refractivity contribution is -0.151. The third kappa shape index (κ3) is 3.91. The second kappa shape index (κ2) is 8.05. The fraction of sp³-hybridized carbons (Fsp3) is 0.733. The van der Waals surface area contributed by atoms with Gasteiger partial charge >= 0.3 is 0 Å². The lowest BCUT2D eigenvalue weighted by Gasteiger charge is -2.44. The highest BCUT2D eigenvalue weighted by Gasteiger charge is 2.63. The number of aliphatic imine (C=N–C) groups is 1. The van der Waals surface area contributed by atoms with Crippen LogP contribution >= 0.6 is 23.5 Å². The number of nitrogens with one attached hydrogen (secondary N) is 3. The Bertz CT molecular complexity index is 723. The van der Waals surface area contributed by atoms with E-state index < -0.39 is 6.04 Å². The van der Waals surface area contributed by atoms with Crippen LogP contribution in [0.3, 0.4) is 0 Å². The molecule has 12 heteroatoms. The van der Waals surface area contributed by atoms with Gasteiger partial charge in [-0.15, -0.1) is 22.0 Å². The van der Waals surface area contributed by atoms with Gasteiger partial charge in [-0.05, 0) is 27.7 Å². The number of carbonyl (C=O) groups excluding carboxylic acids is 2. The molecule has 0 aliphatic carbocycles. The Morgan fingerprint density at radius 1 is 1.44 bits per heavy atom. The van der Waals surface area contributed by atoms with E-state index in [9.17, 15) is 9.59 Å². The second-order valence-corrected chi connectivity index (χ2v) is 9.41. The van der Waals surface area contributed by atoms with Gasteiger partial charge in [0, 0.05) is 17.8 Å². The molecule has 1 aromatic rings. The van der Waals surface area contributed by atoms with E-state index in [1.165, 1.54) is 11.8 Å². The van der Waals surface area contributed by atoms with Crippen LogP contribution < -0.4 is 10.6 Å². The number of amides is 2. The number of aromatic nitrogens is 4. The molecule has 0 radical (unpaired) electrons. The number of H-pyrrole nitrogens is 1. The molecule has 0 spiro atoms. The molecule has 3 N–H and O–H groups in total. The van der Waals surface area contributed by atoms with Crippen molar-refractivity contribution in [3.8, 4) is 0 Å². The highest BCUT2D eigenvalue weighted by atomic mass is 32.2. The lowest BCUT2D eigenvalue weighted by atomic mass is 9.95.